The number of nitrogens with one attached hydrogen (secondary N) is 1. The van der Waals surface area contributed by atoms with Crippen molar-refractivity contribution < 1.29 is 14.3 Å². The van der Waals surface area contributed by atoms with Crippen molar-refractivity contribution in [3.8, 4) is 5.75 Å². The fraction of sp³-hybridized carbons (Fsp3) is 0.429. The van der Waals surface area contributed by atoms with Crippen LogP contribution in [0.2, 0.25) is 0 Å². The summed E-state index contributed by atoms with van der Waals surface area (Å²) >= 11 is 0. The number of ether oxygens (including phenoxy) is 2. The van der Waals surface area contributed by atoms with Crippen molar-refractivity contribution in [1.29, 1.82) is 0 Å². The Labute approximate surface area is 179 Å². The van der Waals surface area contributed by atoms with Crippen LogP contribution < -0.4 is 21.5 Å². The van der Waals surface area contributed by atoms with Crippen LogP contribution in [0.4, 0.5) is 11.6 Å². The number of rotatable bonds is 6. The van der Waals surface area contributed by atoms with Gasteiger partial charge in [-0.1, -0.05) is 0 Å². The van der Waals surface area contributed by atoms with Gasteiger partial charge >= 0.3 is 5.69 Å². The molecule has 3 aromatic rings. The Kier molecular flexibility index (Phi) is 5.64. The van der Waals surface area contributed by atoms with Crippen LogP contribution in [0.25, 0.3) is 11.2 Å². The lowest BCUT2D eigenvalue weighted by molar-refractivity contribution is 0.0695. The summed E-state index contributed by atoms with van der Waals surface area (Å²) in [7, 11) is 1.72. The van der Waals surface area contributed by atoms with E-state index in [0.29, 0.717) is 53.9 Å². The number of anilines is 2. The summed E-state index contributed by atoms with van der Waals surface area (Å²) in [6.07, 6.45) is 3.16. The molecule has 0 aliphatic carbocycles. The molecule has 10 nitrogen and oxygen atoms in total. The molecule has 164 valence electrons. The molecular formula is C21H26N6O4. The average Bonchev–Trinajstić information content (AvgIpc) is 3.00. The van der Waals surface area contributed by atoms with Crippen molar-refractivity contribution in [2.45, 2.75) is 32.7 Å². The van der Waals surface area contributed by atoms with Crippen LogP contribution in [0, 0.1) is 6.92 Å². The van der Waals surface area contributed by atoms with E-state index in [1.54, 1.807) is 34.5 Å². The molecule has 31 heavy (non-hydrogen) atoms. The van der Waals surface area contributed by atoms with Gasteiger partial charge in [0, 0.05) is 38.1 Å². The number of benzene rings is 1. The molecule has 0 unspecified atom stereocenters. The van der Waals surface area contributed by atoms with Gasteiger partial charge in [0.05, 0.1) is 18.4 Å². The molecular weight excluding hydrogens is 400 g/mol. The molecule has 3 N–H and O–H groups in total. The van der Waals surface area contributed by atoms with Crippen molar-refractivity contribution in [2.24, 2.45) is 12.8 Å². The van der Waals surface area contributed by atoms with E-state index in [0.717, 1.165) is 18.4 Å². The van der Waals surface area contributed by atoms with Crippen LogP contribution in [0.5, 0.6) is 5.75 Å². The van der Waals surface area contributed by atoms with Gasteiger partial charge in [-0.25, -0.2) is 9.78 Å². The number of fused-ring (bicyclic) bond motifs is 1. The molecule has 3 heterocycles. The van der Waals surface area contributed by atoms with Gasteiger partial charge in [-0.3, -0.25) is 13.9 Å². The molecule has 1 fully saturated rings. The summed E-state index contributed by atoms with van der Waals surface area (Å²) in [6.45, 7) is 5.32. The zero-order chi connectivity index (χ0) is 22.1. The van der Waals surface area contributed by atoms with Gasteiger partial charge in [-0.2, -0.15) is 4.98 Å². The zero-order valence-electron chi connectivity index (χ0n) is 17.8. The molecule has 10 heteroatoms. The monoisotopic (exact) mass is 426 g/mol. The van der Waals surface area contributed by atoms with Crippen LogP contribution in [0.15, 0.2) is 23.1 Å². The third-order valence-electron chi connectivity index (χ3n) is 5.53. The summed E-state index contributed by atoms with van der Waals surface area (Å²) in [6, 6.07) is 3.42. The largest absolute Gasteiger partial charge is 0.493 e. The quantitative estimate of drug-likeness (QED) is 0.617. The van der Waals surface area contributed by atoms with E-state index < -0.39 is 5.91 Å². The molecule has 4 rings (SSSR count). The highest BCUT2D eigenvalue weighted by Crippen LogP contribution is 2.29. The number of nitrogens with two attached hydrogens (primary N) is 1. The van der Waals surface area contributed by atoms with Crippen molar-refractivity contribution in [2.75, 3.05) is 25.1 Å². The second kappa shape index (κ2) is 8.38. The number of aromatic nitrogens is 4. The van der Waals surface area contributed by atoms with E-state index in [-0.39, 0.29) is 11.7 Å². The highest BCUT2D eigenvalue weighted by molar-refractivity contribution is 5.96. The molecule has 1 aliphatic heterocycles. The van der Waals surface area contributed by atoms with Gasteiger partial charge in [-0.05, 0) is 38.3 Å². The molecule has 1 saturated heterocycles. The van der Waals surface area contributed by atoms with Gasteiger partial charge in [0.15, 0.2) is 5.65 Å². The van der Waals surface area contributed by atoms with Crippen molar-refractivity contribution in [1.82, 2.24) is 19.1 Å². The highest BCUT2D eigenvalue weighted by atomic mass is 16.5. The summed E-state index contributed by atoms with van der Waals surface area (Å²) < 4.78 is 14.3. The number of aryl methyl sites for hydroxylation is 2. The van der Waals surface area contributed by atoms with Crippen molar-refractivity contribution in [3.05, 3.63) is 39.9 Å². The minimum absolute atomic E-state index is 0.0360. The van der Waals surface area contributed by atoms with Crippen LogP contribution >= 0.6 is 0 Å². The maximum atomic E-state index is 12.9. The van der Waals surface area contributed by atoms with Gasteiger partial charge in [0.25, 0.3) is 5.91 Å². The molecule has 0 radical (unpaired) electrons. The fourth-order valence-corrected chi connectivity index (χ4v) is 3.88. The summed E-state index contributed by atoms with van der Waals surface area (Å²) in [5, 5.41) is 3.18. The van der Waals surface area contributed by atoms with Gasteiger partial charge < -0.3 is 20.5 Å². The van der Waals surface area contributed by atoms with Crippen LogP contribution in [-0.2, 0) is 11.8 Å². The Morgan fingerprint density at radius 1 is 1.35 bits per heavy atom. The minimum atomic E-state index is -0.555. The Bertz CT molecular complexity index is 1190. The number of carbonyl (C=O) groups excluding carboxylic acids is 1. The third kappa shape index (κ3) is 3.86. The van der Waals surface area contributed by atoms with E-state index in [1.165, 1.54) is 0 Å². The number of primary amides is 1. The molecule has 1 aromatic carbocycles. The maximum absolute atomic E-state index is 12.9. The summed E-state index contributed by atoms with van der Waals surface area (Å²) in [5.74, 6) is 0.180. The van der Waals surface area contributed by atoms with Crippen molar-refractivity contribution >= 4 is 28.7 Å². The first-order valence-corrected chi connectivity index (χ1v) is 10.3. The van der Waals surface area contributed by atoms with Crippen LogP contribution in [0.3, 0.4) is 0 Å². The number of hydrogen-bond acceptors (Lipinski definition) is 7. The van der Waals surface area contributed by atoms with Gasteiger partial charge in [0.1, 0.15) is 11.3 Å². The first kappa shape index (κ1) is 20.9. The normalized spacial score (nSPS) is 14.7. The standard InChI is InChI=1S/C21H26N6O4/c1-4-31-17-10-15(12(2)9-14(17)18(22)28)24-20-23-11-16-19(25-20)27(21(29)26(16)3)13-5-7-30-8-6-13/h9-11,13H,4-8H2,1-3H3,(H2,22,28)(H,23,24,25). The fourth-order valence-electron chi connectivity index (χ4n) is 3.88. The number of nitrogens with zero attached hydrogens (tertiary/aromatic N) is 4. The van der Waals surface area contributed by atoms with E-state index in [9.17, 15) is 9.59 Å². The Morgan fingerprint density at radius 3 is 2.77 bits per heavy atom. The lowest BCUT2D eigenvalue weighted by Crippen LogP contribution is -2.30. The molecule has 0 saturated carbocycles. The first-order chi connectivity index (χ1) is 14.9. The Hall–Kier alpha value is -3.40. The highest BCUT2D eigenvalue weighted by Gasteiger charge is 2.23. The second-order valence-electron chi connectivity index (χ2n) is 7.54. The van der Waals surface area contributed by atoms with Crippen LogP contribution in [0.1, 0.15) is 41.7 Å². The van der Waals surface area contributed by atoms with Crippen LogP contribution in [-0.4, -0.2) is 44.8 Å². The topological polar surface area (TPSA) is 126 Å². The minimum Gasteiger partial charge on any atom is -0.493 e. The number of hydrogen-bond donors (Lipinski definition) is 2. The molecule has 0 spiro atoms. The zero-order valence-corrected chi connectivity index (χ0v) is 17.8. The number of amides is 1. The predicted octanol–water partition coefficient (Wildman–Crippen LogP) is 2.03. The average molecular weight is 426 g/mol. The number of imidazole rings is 1. The predicted molar refractivity (Wildman–Crippen MR) is 116 cm³/mol. The van der Waals surface area contributed by atoms with Gasteiger partial charge in [-0.15, -0.1) is 0 Å². The summed E-state index contributed by atoms with van der Waals surface area (Å²) in [5.41, 5.74) is 8.39. The van der Waals surface area contributed by atoms with E-state index in [2.05, 4.69) is 15.3 Å². The Morgan fingerprint density at radius 2 is 2.10 bits per heavy atom. The lowest BCUT2D eigenvalue weighted by atomic mass is 10.1. The summed E-state index contributed by atoms with van der Waals surface area (Å²) in [4.78, 5) is 33.6. The van der Waals surface area contributed by atoms with E-state index in [1.807, 2.05) is 13.8 Å². The second-order valence-corrected chi connectivity index (χ2v) is 7.54. The Balaban J connectivity index is 1.75. The third-order valence-corrected chi connectivity index (χ3v) is 5.53. The molecule has 0 atom stereocenters. The van der Waals surface area contributed by atoms with Crippen molar-refractivity contribution in [3.63, 3.8) is 0 Å². The SMILES string of the molecule is CCOc1cc(Nc2ncc3c(n2)n(C2CCOCC2)c(=O)n3C)c(C)cc1C(N)=O. The maximum Gasteiger partial charge on any atom is 0.330 e. The smallest absolute Gasteiger partial charge is 0.330 e. The molecule has 1 aliphatic rings. The van der Waals surface area contributed by atoms with E-state index in [4.69, 9.17) is 15.2 Å². The van der Waals surface area contributed by atoms with Gasteiger partial charge in [0.2, 0.25) is 5.95 Å². The lowest BCUT2D eigenvalue weighted by Gasteiger charge is -2.22. The molecule has 1 amide bonds. The first-order valence-electron chi connectivity index (χ1n) is 10.3. The number of carbonyl (C=O) groups is 1. The van der Waals surface area contributed by atoms with E-state index >= 15 is 0 Å². The molecule has 0 bridgehead atoms. The molecule has 2 aromatic heterocycles.